The van der Waals surface area contributed by atoms with Crippen molar-refractivity contribution in [2.45, 2.75) is 19.6 Å². The molecule has 0 heterocycles. The van der Waals surface area contributed by atoms with Crippen LogP contribution in [0.25, 0.3) is 0 Å². The Bertz CT molecular complexity index is 374. The Balaban J connectivity index is 2.45. The van der Waals surface area contributed by atoms with Gasteiger partial charge in [0.2, 0.25) is 0 Å². The van der Waals surface area contributed by atoms with Crippen molar-refractivity contribution in [1.82, 2.24) is 5.32 Å². The van der Waals surface area contributed by atoms with Crippen LogP contribution in [-0.2, 0) is 11.3 Å². The number of hydrogen-bond acceptors (Lipinski definition) is 4. The first-order valence-corrected chi connectivity index (χ1v) is 5.61. The highest BCUT2D eigenvalue weighted by molar-refractivity contribution is 5.29. The Morgan fingerprint density at radius 2 is 2.29 bits per heavy atom. The molecular formula is C13H18N2O2. The summed E-state index contributed by atoms with van der Waals surface area (Å²) in [6, 6.07) is 9.77. The van der Waals surface area contributed by atoms with Crippen LogP contribution in [0.3, 0.4) is 0 Å². The van der Waals surface area contributed by atoms with Crippen LogP contribution in [0.15, 0.2) is 24.3 Å². The molecule has 92 valence electrons. The first-order chi connectivity index (χ1) is 8.26. The van der Waals surface area contributed by atoms with Crippen LogP contribution in [0.1, 0.15) is 12.5 Å². The van der Waals surface area contributed by atoms with Gasteiger partial charge in [-0.3, -0.25) is 0 Å². The maximum Gasteiger partial charge on any atom is 0.181 e. The van der Waals surface area contributed by atoms with Gasteiger partial charge in [-0.1, -0.05) is 12.1 Å². The Hall–Kier alpha value is -1.57. The van der Waals surface area contributed by atoms with Crippen molar-refractivity contribution >= 4 is 0 Å². The maximum atomic E-state index is 8.66. The number of methoxy groups -OCH3 is 1. The number of hydrogen-bond donors (Lipinski definition) is 1. The second kappa shape index (κ2) is 7.66. The quantitative estimate of drug-likeness (QED) is 0.730. The molecule has 1 rings (SSSR count). The molecule has 17 heavy (non-hydrogen) atoms. The maximum absolute atomic E-state index is 8.66. The van der Waals surface area contributed by atoms with Gasteiger partial charge < -0.3 is 14.8 Å². The molecule has 1 aromatic rings. The average Bonchev–Trinajstić information content (AvgIpc) is 2.35. The zero-order chi connectivity index (χ0) is 12.5. The van der Waals surface area contributed by atoms with Crippen molar-refractivity contribution in [1.29, 1.82) is 5.26 Å². The lowest BCUT2D eigenvalue weighted by atomic mass is 10.2. The summed E-state index contributed by atoms with van der Waals surface area (Å²) in [5.41, 5.74) is 1.13. The minimum atomic E-state index is -0.424. The van der Waals surface area contributed by atoms with Crippen LogP contribution in [0.2, 0.25) is 0 Å². The molecule has 1 atom stereocenters. The average molecular weight is 234 g/mol. The second-order valence-electron chi connectivity index (χ2n) is 3.71. The molecular weight excluding hydrogens is 216 g/mol. The number of ether oxygens (including phenoxy) is 2. The monoisotopic (exact) mass is 234 g/mol. The van der Waals surface area contributed by atoms with Crippen molar-refractivity contribution in [3.63, 3.8) is 0 Å². The summed E-state index contributed by atoms with van der Waals surface area (Å²) in [4.78, 5) is 0. The SMILES string of the molecule is COCCNCc1cccc(OC(C)C#N)c1. The van der Waals surface area contributed by atoms with Crippen LogP contribution in [0, 0.1) is 11.3 Å². The molecule has 0 aliphatic rings. The smallest absolute Gasteiger partial charge is 0.181 e. The number of nitrogens with one attached hydrogen (secondary N) is 1. The molecule has 1 N–H and O–H groups in total. The predicted molar refractivity (Wildman–Crippen MR) is 65.7 cm³/mol. The molecule has 0 fully saturated rings. The Kier molecular flexibility index (Phi) is 6.08. The standard InChI is InChI=1S/C13H18N2O2/c1-11(9-14)17-13-5-3-4-12(8-13)10-15-6-7-16-2/h3-5,8,11,15H,6-7,10H2,1-2H3. The van der Waals surface area contributed by atoms with Crippen molar-refractivity contribution in [3.05, 3.63) is 29.8 Å². The third-order valence-corrected chi connectivity index (χ3v) is 2.21. The third kappa shape index (κ3) is 5.34. The zero-order valence-corrected chi connectivity index (χ0v) is 10.3. The van der Waals surface area contributed by atoms with Crippen molar-refractivity contribution in [2.24, 2.45) is 0 Å². The van der Waals surface area contributed by atoms with Gasteiger partial charge in [0.15, 0.2) is 6.10 Å². The van der Waals surface area contributed by atoms with Crippen molar-refractivity contribution in [3.8, 4) is 11.8 Å². The van der Waals surface area contributed by atoms with Crippen LogP contribution in [-0.4, -0.2) is 26.4 Å². The Morgan fingerprint density at radius 3 is 3.00 bits per heavy atom. The molecule has 0 radical (unpaired) electrons. The molecule has 1 aromatic carbocycles. The minimum Gasteiger partial charge on any atom is -0.476 e. The largest absolute Gasteiger partial charge is 0.476 e. The highest BCUT2D eigenvalue weighted by Crippen LogP contribution is 2.14. The van der Waals surface area contributed by atoms with E-state index in [4.69, 9.17) is 14.7 Å². The summed E-state index contributed by atoms with van der Waals surface area (Å²) >= 11 is 0. The summed E-state index contributed by atoms with van der Waals surface area (Å²) in [6.07, 6.45) is -0.424. The van der Waals surface area contributed by atoms with Gasteiger partial charge in [0, 0.05) is 20.2 Å². The number of benzene rings is 1. The zero-order valence-electron chi connectivity index (χ0n) is 10.3. The van der Waals surface area contributed by atoms with E-state index in [1.807, 2.05) is 30.3 Å². The highest BCUT2D eigenvalue weighted by atomic mass is 16.5. The molecule has 0 saturated carbocycles. The fourth-order valence-corrected chi connectivity index (χ4v) is 1.37. The summed E-state index contributed by atoms with van der Waals surface area (Å²) in [5.74, 6) is 0.727. The van der Waals surface area contributed by atoms with Gasteiger partial charge in [0.05, 0.1) is 6.61 Å². The fraction of sp³-hybridized carbons (Fsp3) is 0.462. The number of rotatable bonds is 7. The molecule has 0 bridgehead atoms. The van der Waals surface area contributed by atoms with Gasteiger partial charge in [0.25, 0.3) is 0 Å². The lowest BCUT2D eigenvalue weighted by molar-refractivity contribution is 0.199. The normalized spacial score (nSPS) is 11.8. The van der Waals surface area contributed by atoms with Crippen molar-refractivity contribution in [2.75, 3.05) is 20.3 Å². The van der Waals surface area contributed by atoms with Gasteiger partial charge >= 0.3 is 0 Å². The molecule has 4 heteroatoms. The molecule has 1 unspecified atom stereocenters. The van der Waals surface area contributed by atoms with E-state index >= 15 is 0 Å². The second-order valence-corrected chi connectivity index (χ2v) is 3.71. The van der Waals surface area contributed by atoms with Gasteiger partial charge in [-0.05, 0) is 24.6 Å². The molecule has 4 nitrogen and oxygen atoms in total. The number of nitrogens with zero attached hydrogens (tertiary/aromatic N) is 1. The van der Waals surface area contributed by atoms with E-state index in [0.717, 1.165) is 24.4 Å². The lowest BCUT2D eigenvalue weighted by Gasteiger charge is -2.09. The van der Waals surface area contributed by atoms with E-state index in [1.165, 1.54) is 0 Å². The Labute approximate surface area is 102 Å². The highest BCUT2D eigenvalue weighted by Gasteiger charge is 2.02. The topological polar surface area (TPSA) is 54.3 Å². The van der Waals surface area contributed by atoms with Crippen molar-refractivity contribution < 1.29 is 9.47 Å². The molecule has 0 amide bonds. The van der Waals surface area contributed by atoms with Gasteiger partial charge in [-0.25, -0.2) is 0 Å². The summed E-state index contributed by atoms with van der Waals surface area (Å²) in [7, 11) is 1.68. The van der Waals surface area contributed by atoms with E-state index in [9.17, 15) is 0 Å². The van der Waals surface area contributed by atoms with E-state index in [0.29, 0.717) is 6.61 Å². The summed E-state index contributed by atoms with van der Waals surface area (Å²) in [6.45, 7) is 4.00. The molecule has 0 aliphatic carbocycles. The van der Waals surface area contributed by atoms with E-state index in [2.05, 4.69) is 5.32 Å². The first kappa shape index (κ1) is 13.5. The van der Waals surface area contributed by atoms with Crippen LogP contribution < -0.4 is 10.1 Å². The van der Waals surface area contributed by atoms with Gasteiger partial charge in [-0.15, -0.1) is 0 Å². The van der Waals surface area contributed by atoms with Crippen LogP contribution in [0.5, 0.6) is 5.75 Å². The molecule has 0 aliphatic heterocycles. The lowest BCUT2D eigenvalue weighted by Crippen LogP contribution is -2.18. The van der Waals surface area contributed by atoms with E-state index in [1.54, 1.807) is 14.0 Å². The van der Waals surface area contributed by atoms with E-state index < -0.39 is 6.10 Å². The number of nitriles is 1. The van der Waals surface area contributed by atoms with Crippen LogP contribution >= 0.6 is 0 Å². The predicted octanol–water partition coefficient (Wildman–Crippen LogP) is 1.71. The summed E-state index contributed by atoms with van der Waals surface area (Å²) in [5, 5.41) is 11.9. The minimum absolute atomic E-state index is 0.424. The Morgan fingerprint density at radius 1 is 1.47 bits per heavy atom. The molecule has 0 spiro atoms. The fourth-order valence-electron chi connectivity index (χ4n) is 1.37. The van der Waals surface area contributed by atoms with Gasteiger partial charge in [-0.2, -0.15) is 5.26 Å². The first-order valence-electron chi connectivity index (χ1n) is 5.61. The molecule has 0 saturated heterocycles. The van der Waals surface area contributed by atoms with Gasteiger partial charge in [0.1, 0.15) is 11.8 Å². The third-order valence-electron chi connectivity index (χ3n) is 2.21. The van der Waals surface area contributed by atoms with E-state index in [-0.39, 0.29) is 0 Å². The molecule has 0 aromatic heterocycles. The summed E-state index contributed by atoms with van der Waals surface area (Å²) < 4.78 is 10.4. The van der Waals surface area contributed by atoms with Crippen LogP contribution in [0.4, 0.5) is 0 Å².